The molecule has 1 atom stereocenters. The molecule has 2 fully saturated rings. The molecule has 0 aromatic carbocycles. The van der Waals surface area contributed by atoms with Crippen LogP contribution in [0.2, 0.25) is 0 Å². The summed E-state index contributed by atoms with van der Waals surface area (Å²) in [6.07, 6.45) is 1.25. The first-order valence-electron chi connectivity index (χ1n) is 9.44. The van der Waals surface area contributed by atoms with E-state index in [4.69, 9.17) is 4.74 Å². The van der Waals surface area contributed by atoms with Gasteiger partial charge in [-0.25, -0.2) is 0 Å². The molecular formula is C18H31N5O2. The number of rotatable bonds is 6. The maximum absolute atomic E-state index is 11.7. The molecule has 1 N–H and O–H groups in total. The van der Waals surface area contributed by atoms with Crippen molar-refractivity contribution >= 4 is 5.97 Å². The van der Waals surface area contributed by atoms with E-state index < -0.39 is 0 Å². The third kappa shape index (κ3) is 4.40. The Kier molecular flexibility index (Phi) is 6.09. The first-order chi connectivity index (χ1) is 12.1. The molecule has 7 nitrogen and oxygen atoms in total. The number of carbonyl (C=O) groups excluding carboxylic acids is 1. The number of nitrogens with one attached hydrogen (secondary N) is 1. The second kappa shape index (κ2) is 8.29. The predicted octanol–water partition coefficient (Wildman–Crippen LogP) is 0.543. The number of hydrogen-bond acceptors (Lipinski definition) is 6. The quantitative estimate of drug-likeness (QED) is 0.757. The highest BCUT2D eigenvalue weighted by Crippen LogP contribution is 2.21. The summed E-state index contributed by atoms with van der Waals surface area (Å²) in [5, 5.41) is 7.98. The van der Waals surface area contributed by atoms with Crippen LogP contribution in [0.3, 0.4) is 0 Å². The minimum atomic E-state index is -0.223. The minimum absolute atomic E-state index is 0.198. The van der Waals surface area contributed by atoms with Gasteiger partial charge >= 0.3 is 5.97 Å². The summed E-state index contributed by atoms with van der Waals surface area (Å²) in [5.74, 6) is -0.223. The third-order valence-electron chi connectivity index (χ3n) is 5.41. The number of likely N-dealkylation sites (tertiary alicyclic amines) is 1. The van der Waals surface area contributed by atoms with Crippen LogP contribution in [0.4, 0.5) is 0 Å². The van der Waals surface area contributed by atoms with E-state index in [-0.39, 0.29) is 12.5 Å². The van der Waals surface area contributed by atoms with Crippen molar-refractivity contribution in [3.05, 3.63) is 17.0 Å². The molecule has 2 aliphatic heterocycles. The van der Waals surface area contributed by atoms with Crippen LogP contribution in [-0.2, 0) is 22.6 Å². The van der Waals surface area contributed by atoms with Gasteiger partial charge in [-0.3, -0.25) is 19.3 Å². The lowest BCUT2D eigenvalue weighted by Gasteiger charge is -2.32. The van der Waals surface area contributed by atoms with E-state index in [0.29, 0.717) is 12.6 Å². The Labute approximate surface area is 150 Å². The van der Waals surface area contributed by atoms with Crippen molar-refractivity contribution in [1.82, 2.24) is 24.9 Å². The number of nitrogens with zero attached hydrogens (tertiary/aromatic N) is 4. The lowest BCUT2D eigenvalue weighted by Crippen LogP contribution is -2.49. The second-order valence-electron chi connectivity index (χ2n) is 7.08. The molecule has 0 saturated carbocycles. The molecule has 0 spiro atoms. The summed E-state index contributed by atoms with van der Waals surface area (Å²) < 4.78 is 6.83. The Balaban J connectivity index is 1.59. The predicted molar refractivity (Wildman–Crippen MR) is 96.5 cm³/mol. The van der Waals surface area contributed by atoms with Crippen molar-refractivity contribution in [3.63, 3.8) is 0 Å². The van der Waals surface area contributed by atoms with E-state index in [9.17, 15) is 4.79 Å². The average Bonchev–Trinajstić information content (AvgIpc) is 3.17. The van der Waals surface area contributed by atoms with Gasteiger partial charge in [0.05, 0.1) is 12.3 Å². The van der Waals surface area contributed by atoms with Gasteiger partial charge in [0.2, 0.25) is 0 Å². The van der Waals surface area contributed by atoms with E-state index in [1.807, 2.05) is 13.8 Å². The van der Waals surface area contributed by atoms with Crippen LogP contribution in [0, 0.1) is 13.8 Å². The van der Waals surface area contributed by atoms with Gasteiger partial charge in [-0.1, -0.05) is 0 Å². The molecule has 1 aromatic rings. The summed E-state index contributed by atoms with van der Waals surface area (Å²) in [4.78, 5) is 16.9. The van der Waals surface area contributed by atoms with Gasteiger partial charge in [-0.05, 0) is 27.2 Å². The monoisotopic (exact) mass is 349 g/mol. The molecule has 0 radical (unpaired) electrons. The zero-order chi connectivity index (χ0) is 17.8. The van der Waals surface area contributed by atoms with Crippen molar-refractivity contribution in [3.8, 4) is 0 Å². The smallest absolute Gasteiger partial charge is 0.327 e. The van der Waals surface area contributed by atoms with E-state index in [0.717, 1.165) is 57.2 Å². The molecule has 7 heteroatoms. The summed E-state index contributed by atoms with van der Waals surface area (Å²) in [6, 6.07) is 0.678. The minimum Gasteiger partial charge on any atom is -0.465 e. The maximum Gasteiger partial charge on any atom is 0.327 e. The largest absolute Gasteiger partial charge is 0.465 e. The van der Waals surface area contributed by atoms with Crippen LogP contribution in [0.1, 0.15) is 30.3 Å². The molecule has 0 amide bonds. The Morgan fingerprint density at radius 2 is 2.04 bits per heavy atom. The fourth-order valence-corrected chi connectivity index (χ4v) is 3.97. The van der Waals surface area contributed by atoms with Gasteiger partial charge in [0, 0.05) is 63.1 Å². The summed E-state index contributed by atoms with van der Waals surface area (Å²) in [6.45, 7) is 14.2. The zero-order valence-corrected chi connectivity index (χ0v) is 15.8. The number of ether oxygens (including phenoxy) is 1. The van der Waals surface area contributed by atoms with E-state index in [1.54, 1.807) is 4.68 Å². The van der Waals surface area contributed by atoms with Crippen molar-refractivity contribution in [2.75, 3.05) is 45.9 Å². The average molecular weight is 349 g/mol. The summed E-state index contributed by atoms with van der Waals surface area (Å²) in [5.41, 5.74) is 3.36. The fourth-order valence-electron chi connectivity index (χ4n) is 3.97. The molecule has 3 heterocycles. The fraction of sp³-hybridized carbons (Fsp3) is 0.778. The van der Waals surface area contributed by atoms with Crippen LogP contribution >= 0.6 is 0 Å². The van der Waals surface area contributed by atoms with Crippen LogP contribution in [-0.4, -0.2) is 77.5 Å². The molecule has 1 aromatic heterocycles. The highest BCUT2D eigenvalue weighted by Gasteiger charge is 2.29. The normalized spacial score (nSPS) is 22.4. The molecule has 1 unspecified atom stereocenters. The second-order valence-corrected chi connectivity index (χ2v) is 7.08. The first kappa shape index (κ1) is 18.4. The van der Waals surface area contributed by atoms with Crippen molar-refractivity contribution < 1.29 is 9.53 Å². The summed E-state index contributed by atoms with van der Waals surface area (Å²) >= 11 is 0. The molecule has 2 saturated heterocycles. The van der Waals surface area contributed by atoms with Gasteiger partial charge in [0.25, 0.3) is 0 Å². The number of esters is 1. The Morgan fingerprint density at radius 1 is 1.28 bits per heavy atom. The Bertz CT molecular complexity index is 595. The Hall–Kier alpha value is -1.44. The third-order valence-corrected chi connectivity index (χ3v) is 5.41. The van der Waals surface area contributed by atoms with Gasteiger partial charge < -0.3 is 10.1 Å². The number of aryl methyl sites for hydroxylation is 1. The lowest BCUT2D eigenvalue weighted by molar-refractivity contribution is -0.144. The van der Waals surface area contributed by atoms with Crippen molar-refractivity contribution in [1.29, 1.82) is 0 Å². The number of piperazine rings is 1. The van der Waals surface area contributed by atoms with E-state index >= 15 is 0 Å². The summed E-state index contributed by atoms with van der Waals surface area (Å²) in [7, 11) is 0. The van der Waals surface area contributed by atoms with Gasteiger partial charge in [-0.2, -0.15) is 5.10 Å². The highest BCUT2D eigenvalue weighted by atomic mass is 16.5. The number of hydrogen-bond donors (Lipinski definition) is 1. The van der Waals surface area contributed by atoms with Crippen molar-refractivity contribution in [2.24, 2.45) is 0 Å². The molecule has 0 aliphatic carbocycles. The van der Waals surface area contributed by atoms with E-state index in [2.05, 4.69) is 27.1 Å². The van der Waals surface area contributed by atoms with Crippen LogP contribution < -0.4 is 5.32 Å². The molecule has 140 valence electrons. The number of aromatic nitrogens is 2. The van der Waals surface area contributed by atoms with Crippen molar-refractivity contribution in [2.45, 2.75) is 46.3 Å². The molecular weight excluding hydrogens is 318 g/mol. The first-order valence-corrected chi connectivity index (χ1v) is 9.44. The van der Waals surface area contributed by atoms with Crippen LogP contribution in [0.25, 0.3) is 0 Å². The lowest BCUT2D eigenvalue weighted by atomic mass is 10.2. The van der Waals surface area contributed by atoms with E-state index in [1.165, 1.54) is 12.0 Å². The standard InChI is InChI=1S/C18H31N5O2/c1-4-25-18(24)13-23-15(3)17(14(2)20-23)12-21-8-5-16(11-21)22-9-6-19-7-10-22/h16,19H,4-13H2,1-3H3. The molecule has 25 heavy (non-hydrogen) atoms. The SMILES string of the molecule is CCOC(=O)Cn1nc(C)c(CN2CCC(N3CCNCC3)C2)c1C. The van der Waals surface area contributed by atoms with Crippen LogP contribution in [0.15, 0.2) is 0 Å². The zero-order valence-electron chi connectivity index (χ0n) is 15.8. The molecule has 0 bridgehead atoms. The molecule has 2 aliphatic rings. The molecule has 3 rings (SSSR count). The van der Waals surface area contributed by atoms with Gasteiger partial charge in [0.1, 0.15) is 6.54 Å². The Morgan fingerprint density at radius 3 is 2.76 bits per heavy atom. The van der Waals surface area contributed by atoms with Gasteiger partial charge in [0.15, 0.2) is 0 Å². The van der Waals surface area contributed by atoms with Gasteiger partial charge in [-0.15, -0.1) is 0 Å². The van der Waals surface area contributed by atoms with Crippen LogP contribution in [0.5, 0.6) is 0 Å². The number of carbonyl (C=O) groups is 1. The topological polar surface area (TPSA) is 62.6 Å². The highest BCUT2D eigenvalue weighted by molar-refractivity contribution is 5.69. The maximum atomic E-state index is 11.7.